The summed E-state index contributed by atoms with van der Waals surface area (Å²) in [5.74, 6) is -4.56. The third kappa shape index (κ3) is 5.45. The molecule has 2 atom stereocenters. The van der Waals surface area contributed by atoms with Crippen LogP contribution in [0, 0.1) is 5.92 Å². The Hall–Kier alpha value is -2.84. The van der Waals surface area contributed by atoms with Crippen molar-refractivity contribution in [1.82, 2.24) is 34.8 Å². The maximum atomic E-state index is 13.5. The average molecular weight is 494 g/mol. The van der Waals surface area contributed by atoms with E-state index in [9.17, 15) is 30.7 Å². The Labute approximate surface area is 188 Å². The molecule has 1 saturated carbocycles. The highest BCUT2D eigenvalue weighted by Crippen LogP contribution is 2.40. The molecule has 0 bridgehead atoms. The normalized spacial score (nSPS) is 19.1. The molecule has 1 aliphatic carbocycles. The lowest BCUT2D eigenvalue weighted by Crippen LogP contribution is -2.31. The van der Waals surface area contributed by atoms with Crippen molar-refractivity contribution in [3.63, 3.8) is 0 Å². The quantitative estimate of drug-likeness (QED) is 0.501. The topological polar surface area (TPSA) is 99.8 Å². The van der Waals surface area contributed by atoms with Gasteiger partial charge < -0.3 is 5.73 Å². The van der Waals surface area contributed by atoms with Crippen molar-refractivity contribution in [3.05, 3.63) is 35.5 Å². The zero-order valence-electron chi connectivity index (χ0n) is 17.6. The second-order valence-electron chi connectivity index (χ2n) is 8.47. The van der Waals surface area contributed by atoms with E-state index in [1.807, 2.05) is 0 Å². The minimum absolute atomic E-state index is 0.147. The van der Waals surface area contributed by atoms with Crippen LogP contribution in [0.3, 0.4) is 0 Å². The predicted octanol–water partition coefficient (Wildman–Crippen LogP) is 3.89. The molecule has 2 N–H and O–H groups in total. The van der Waals surface area contributed by atoms with E-state index in [1.54, 1.807) is 0 Å². The number of nitrogens with two attached hydrogens (primary N) is 1. The molecule has 1 aliphatic rings. The summed E-state index contributed by atoms with van der Waals surface area (Å²) >= 11 is 0. The second kappa shape index (κ2) is 9.07. The van der Waals surface area contributed by atoms with Crippen molar-refractivity contribution in [3.8, 4) is 0 Å². The molecule has 0 amide bonds. The molecule has 4 rings (SSSR count). The van der Waals surface area contributed by atoms with Crippen LogP contribution in [0.1, 0.15) is 61.1 Å². The summed E-state index contributed by atoms with van der Waals surface area (Å²) in [5, 5.41) is 14.2. The van der Waals surface area contributed by atoms with E-state index in [2.05, 4.69) is 25.6 Å². The number of nitrogens with zero attached hydrogens (tertiary/aromatic N) is 7. The maximum absolute atomic E-state index is 13.5. The molecular formula is C19H21F7N8. The maximum Gasteiger partial charge on any atom is 0.408 e. The van der Waals surface area contributed by atoms with Crippen LogP contribution < -0.4 is 5.73 Å². The Kier molecular flexibility index (Phi) is 6.48. The number of hydrogen-bond acceptors (Lipinski definition) is 6. The molecule has 34 heavy (non-hydrogen) atoms. The summed E-state index contributed by atoms with van der Waals surface area (Å²) < 4.78 is 93.9. The summed E-state index contributed by atoms with van der Waals surface area (Å²) in [5.41, 5.74) is 7.02. The van der Waals surface area contributed by atoms with E-state index in [-0.39, 0.29) is 48.6 Å². The first-order chi connectivity index (χ1) is 15.9. The van der Waals surface area contributed by atoms with Crippen molar-refractivity contribution < 1.29 is 30.7 Å². The van der Waals surface area contributed by atoms with E-state index in [1.165, 1.54) is 23.0 Å². The molecule has 186 valence electrons. The van der Waals surface area contributed by atoms with Crippen molar-refractivity contribution in [2.24, 2.45) is 11.7 Å². The van der Waals surface area contributed by atoms with Gasteiger partial charge in [0.25, 0.3) is 0 Å². The molecule has 0 radical (unpaired) electrons. The van der Waals surface area contributed by atoms with Crippen LogP contribution in [-0.4, -0.2) is 53.3 Å². The standard InChI is InChI=1S/C19H21F7N8/c20-14(21)6-12(17-30-31-32-34(17)9-19(24,25)26)11-5-15-29-13(8-33(15)28-7-11)16(27)10-1-3-18(22,23)4-2-10/h5,7-8,10,12,14,16H,1-4,6,9,27H2/t12?,16-/m0/s1. The molecule has 3 aromatic heterocycles. The Morgan fingerprint density at radius 3 is 2.53 bits per heavy atom. The molecule has 0 spiro atoms. The van der Waals surface area contributed by atoms with Crippen LogP contribution in [0.5, 0.6) is 0 Å². The van der Waals surface area contributed by atoms with Gasteiger partial charge in [0.15, 0.2) is 11.5 Å². The van der Waals surface area contributed by atoms with Crippen LogP contribution in [0.25, 0.3) is 5.65 Å². The van der Waals surface area contributed by atoms with Gasteiger partial charge in [0.05, 0.1) is 30.0 Å². The third-order valence-corrected chi connectivity index (χ3v) is 5.99. The molecule has 3 heterocycles. The Bertz CT molecular complexity index is 1120. The third-order valence-electron chi connectivity index (χ3n) is 5.99. The van der Waals surface area contributed by atoms with E-state index in [0.717, 1.165) is 0 Å². The summed E-state index contributed by atoms with van der Waals surface area (Å²) in [4.78, 5) is 4.37. The Morgan fingerprint density at radius 2 is 1.88 bits per heavy atom. The largest absolute Gasteiger partial charge is 0.408 e. The van der Waals surface area contributed by atoms with Crippen molar-refractivity contribution in [2.45, 2.75) is 69.1 Å². The first-order valence-corrected chi connectivity index (χ1v) is 10.5. The van der Waals surface area contributed by atoms with Crippen LogP contribution in [0.15, 0.2) is 18.5 Å². The van der Waals surface area contributed by atoms with E-state index < -0.39 is 43.4 Å². The summed E-state index contributed by atoms with van der Waals surface area (Å²) in [6.45, 7) is -1.53. The number of alkyl halides is 7. The van der Waals surface area contributed by atoms with Gasteiger partial charge in [0.2, 0.25) is 12.3 Å². The van der Waals surface area contributed by atoms with Gasteiger partial charge in [0.1, 0.15) is 6.54 Å². The van der Waals surface area contributed by atoms with Crippen molar-refractivity contribution >= 4 is 5.65 Å². The number of imidazole rings is 1. The highest BCUT2D eigenvalue weighted by molar-refractivity contribution is 5.43. The fourth-order valence-corrected chi connectivity index (χ4v) is 4.24. The van der Waals surface area contributed by atoms with Crippen molar-refractivity contribution in [2.75, 3.05) is 0 Å². The zero-order chi connectivity index (χ0) is 24.7. The van der Waals surface area contributed by atoms with Gasteiger partial charge in [0, 0.05) is 19.3 Å². The minimum Gasteiger partial charge on any atom is -0.322 e. The number of rotatable bonds is 7. The highest BCUT2D eigenvalue weighted by Gasteiger charge is 2.38. The smallest absolute Gasteiger partial charge is 0.322 e. The van der Waals surface area contributed by atoms with E-state index in [0.29, 0.717) is 10.4 Å². The summed E-state index contributed by atoms with van der Waals surface area (Å²) in [7, 11) is 0. The molecular weight excluding hydrogens is 473 g/mol. The predicted molar refractivity (Wildman–Crippen MR) is 103 cm³/mol. The van der Waals surface area contributed by atoms with E-state index in [4.69, 9.17) is 5.73 Å². The number of aromatic nitrogens is 7. The molecule has 15 heteroatoms. The van der Waals surface area contributed by atoms with Gasteiger partial charge in [-0.1, -0.05) is 0 Å². The highest BCUT2D eigenvalue weighted by atomic mass is 19.4. The minimum atomic E-state index is -4.65. The molecule has 1 unspecified atom stereocenters. The second-order valence-corrected chi connectivity index (χ2v) is 8.47. The number of tetrazole rings is 1. The number of hydrogen-bond donors (Lipinski definition) is 1. The number of fused-ring (bicyclic) bond motifs is 1. The number of halogens is 7. The SMILES string of the molecule is N[C@H](c1cn2ncc(C(CC(F)F)c3nnnn3CC(F)(F)F)cc2n1)C1CCC(F)(F)CC1. The zero-order valence-corrected chi connectivity index (χ0v) is 17.6. The van der Waals surface area contributed by atoms with Crippen LogP contribution in [-0.2, 0) is 6.54 Å². The van der Waals surface area contributed by atoms with Gasteiger partial charge in [-0.05, 0) is 40.8 Å². The fourth-order valence-electron chi connectivity index (χ4n) is 4.24. The lowest BCUT2D eigenvalue weighted by Gasteiger charge is -2.31. The van der Waals surface area contributed by atoms with Gasteiger partial charge in [-0.2, -0.15) is 18.3 Å². The first-order valence-electron chi connectivity index (χ1n) is 10.5. The molecule has 3 aromatic rings. The van der Waals surface area contributed by atoms with Crippen LogP contribution in [0.2, 0.25) is 0 Å². The first kappa shape index (κ1) is 24.3. The molecule has 8 nitrogen and oxygen atoms in total. The molecule has 1 fully saturated rings. The molecule has 0 aliphatic heterocycles. The lowest BCUT2D eigenvalue weighted by molar-refractivity contribution is -0.143. The van der Waals surface area contributed by atoms with Gasteiger partial charge in [-0.25, -0.2) is 31.7 Å². The summed E-state index contributed by atoms with van der Waals surface area (Å²) in [6.07, 6.45) is -5.65. The molecule has 0 aromatic carbocycles. The van der Waals surface area contributed by atoms with E-state index >= 15 is 0 Å². The lowest BCUT2D eigenvalue weighted by atomic mass is 9.81. The molecule has 0 saturated heterocycles. The Morgan fingerprint density at radius 1 is 1.18 bits per heavy atom. The van der Waals surface area contributed by atoms with Crippen molar-refractivity contribution in [1.29, 1.82) is 0 Å². The van der Waals surface area contributed by atoms with Gasteiger partial charge >= 0.3 is 6.18 Å². The van der Waals surface area contributed by atoms with Crippen LogP contribution in [0.4, 0.5) is 30.7 Å². The van der Waals surface area contributed by atoms with Crippen LogP contribution >= 0.6 is 0 Å². The monoisotopic (exact) mass is 494 g/mol. The Balaban J connectivity index is 1.62. The average Bonchev–Trinajstić information content (AvgIpc) is 3.36. The summed E-state index contributed by atoms with van der Waals surface area (Å²) in [6, 6.07) is 0.773. The fraction of sp³-hybridized carbons (Fsp3) is 0.632. The van der Waals surface area contributed by atoms with Gasteiger partial charge in [-0.15, -0.1) is 5.10 Å². The van der Waals surface area contributed by atoms with Gasteiger partial charge in [-0.3, -0.25) is 0 Å².